The van der Waals surface area contributed by atoms with Gasteiger partial charge in [-0.1, -0.05) is 0 Å². The van der Waals surface area contributed by atoms with E-state index in [0.717, 1.165) is 4.90 Å². The zero-order chi connectivity index (χ0) is 15.9. The molecule has 1 saturated heterocycles. The van der Waals surface area contributed by atoms with Gasteiger partial charge in [0, 0.05) is 31.2 Å². The van der Waals surface area contributed by atoms with Crippen molar-refractivity contribution in [2.75, 3.05) is 6.54 Å². The summed E-state index contributed by atoms with van der Waals surface area (Å²) in [6, 6.07) is 0.871. The Bertz CT molecular complexity index is 697. The molecule has 2 atom stereocenters. The average molecular weight is 312 g/mol. The summed E-state index contributed by atoms with van der Waals surface area (Å²) in [5.41, 5.74) is 6.56. The van der Waals surface area contributed by atoms with Crippen molar-refractivity contribution in [2.45, 2.75) is 31.1 Å². The van der Waals surface area contributed by atoms with Gasteiger partial charge in [0.2, 0.25) is 0 Å². The zero-order valence-corrected chi connectivity index (χ0v) is 11.6. The van der Waals surface area contributed by atoms with Gasteiger partial charge in [-0.15, -0.1) is 0 Å². The molecule has 1 aliphatic heterocycles. The number of rotatable bonds is 1. The maximum absolute atomic E-state index is 13.1. The molecule has 1 aliphatic rings. The van der Waals surface area contributed by atoms with Crippen molar-refractivity contribution in [1.29, 1.82) is 0 Å². The number of hydrogen-bond acceptors (Lipinski definition) is 3. The summed E-state index contributed by atoms with van der Waals surface area (Å²) in [5, 5.41) is 0. The Balaban J connectivity index is 1.93. The van der Waals surface area contributed by atoms with Crippen LogP contribution in [0, 0.1) is 0 Å². The minimum Gasteiger partial charge on any atom is -0.326 e. The van der Waals surface area contributed by atoms with Gasteiger partial charge < -0.3 is 15.0 Å². The van der Waals surface area contributed by atoms with Crippen LogP contribution in [0.5, 0.6) is 0 Å². The minimum absolute atomic E-state index is 0.0923. The van der Waals surface area contributed by atoms with Gasteiger partial charge in [-0.25, -0.2) is 4.98 Å². The first kappa shape index (κ1) is 14.8. The van der Waals surface area contributed by atoms with Gasteiger partial charge in [0.25, 0.3) is 5.91 Å². The molecular formula is C14H15F3N4O. The number of amides is 1. The highest BCUT2D eigenvalue weighted by Crippen LogP contribution is 2.32. The van der Waals surface area contributed by atoms with Gasteiger partial charge in [-0.3, -0.25) is 4.79 Å². The number of fused-ring (bicyclic) bond motifs is 1. The molecule has 2 aromatic heterocycles. The van der Waals surface area contributed by atoms with E-state index < -0.39 is 24.2 Å². The van der Waals surface area contributed by atoms with Crippen molar-refractivity contribution < 1.29 is 18.0 Å². The maximum atomic E-state index is 13.1. The third-order valence-electron chi connectivity index (χ3n) is 3.89. The Hall–Kier alpha value is -2.09. The summed E-state index contributed by atoms with van der Waals surface area (Å²) < 4.78 is 41.0. The Morgan fingerprint density at radius 1 is 1.32 bits per heavy atom. The van der Waals surface area contributed by atoms with Crippen LogP contribution in [-0.2, 0) is 0 Å². The number of halogens is 3. The lowest BCUT2D eigenvalue weighted by molar-refractivity contribution is -0.184. The number of hydrogen-bond donors (Lipinski definition) is 1. The molecule has 118 valence electrons. The highest BCUT2D eigenvalue weighted by Gasteiger charge is 2.47. The van der Waals surface area contributed by atoms with Crippen LogP contribution < -0.4 is 5.73 Å². The van der Waals surface area contributed by atoms with Crippen LogP contribution in [0.1, 0.15) is 23.2 Å². The standard InChI is InChI=1S/C14H15F3N4O/c15-14(16,17)11-3-2-10(18)8-21(11)13(22)9-1-4-12-19-5-6-20(12)7-9/h1,4-7,10-11H,2-3,8,18H2. The second-order valence-electron chi connectivity index (χ2n) is 5.46. The van der Waals surface area contributed by atoms with E-state index in [4.69, 9.17) is 5.73 Å². The third kappa shape index (κ3) is 2.66. The molecule has 5 nitrogen and oxygen atoms in total. The average Bonchev–Trinajstić information content (AvgIpc) is 2.92. The van der Waals surface area contributed by atoms with E-state index in [0.29, 0.717) is 5.65 Å². The van der Waals surface area contributed by atoms with Crippen molar-refractivity contribution in [3.8, 4) is 0 Å². The molecular weight excluding hydrogens is 297 g/mol. The molecule has 0 radical (unpaired) electrons. The van der Waals surface area contributed by atoms with E-state index in [1.807, 2.05) is 0 Å². The lowest BCUT2D eigenvalue weighted by Gasteiger charge is -2.39. The molecule has 2 N–H and O–H groups in total. The zero-order valence-electron chi connectivity index (χ0n) is 11.6. The fraction of sp³-hybridized carbons (Fsp3) is 0.429. The Labute approximate surface area is 124 Å². The van der Waals surface area contributed by atoms with Crippen LogP contribution in [0.15, 0.2) is 30.7 Å². The molecule has 3 heterocycles. The molecule has 0 aliphatic carbocycles. The first-order valence-electron chi connectivity index (χ1n) is 6.92. The van der Waals surface area contributed by atoms with Crippen molar-refractivity contribution in [3.05, 3.63) is 36.3 Å². The number of piperidine rings is 1. The predicted molar refractivity (Wildman–Crippen MR) is 73.3 cm³/mol. The van der Waals surface area contributed by atoms with Gasteiger partial charge in [-0.05, 0) is 25.0 Å². The smallest absolute Gasteiger partial charge is 0.326 e. The number of nitrogens with zero attached hydrogens (tertiary/aromatic N) is 3. The SMILES string of the molecule is NC1CCC(C(F)(F)F)N(C(=O)c2ccc3nccn3c2)C1. The molecule has 22 heavy (non-hydrogen) atoms. The number of likely N-dealkylation sites (tertiary alicyclic amines) is 1. The summed E-state index contributed by atoms with van der Waals surface area (Å²) >= 11 is 0. The van der Waals surface area contributed by atoms with Gasteiger partial charge in [-0.2, -0.15) is 13.2 Å². The number of nitrogens with two attached hydrogens (primary N) is 1. The second kappa shape index (κ2) is 5.28. The van der Waals surface area contributed by atoms with E-state index in [1.54, 1.807) is 22.9 Å². The largest absolute Gasteiger partial charge is 0.408 e. The summed E-state index contributed by atoms with van der Waals surface area (Å²) in [5.74, 6) is -0.659. The topological polar surface area (TPSA) is 63.6 Å². The molecule has 0 spiro atoms. The first-order chi connectivity index (χ1) is 10.4. The van der Waals surface area contributed by atoms with Crippen LogP contribution in [0.4, 0.5) is 13.2 Å². The number of aromatic nitrogens is 2. The molecule has 0 aromatic carbocycles. The monoisotopic (exact) mass is 312 g/mol. The Kier molecular flexibility index (Phi) is 3.56. The molecule has 0 saturated carbocycles. The van der Waals surface area contributed by atoms with E-state index in [-0.39, 0.29) is 24.9 Å². The second-order valence-corrected chi connectivity index (χ2v) is 5.46. The van der Waals surface area contributed by atoms with Crippen molar-refractivity contribution in [2.24, 2.45) is 5.73 Å². The number of pyridine rings is 1. The van der Waals surface area contributed by atoms with Crippen molar-refractivity contribution >= 4 is 11.6 Å². The minimum atomic E-state index is -4.45. The van der Waals surface area contributed by atoms with E-state index in [2.05, 4.69) is 4.98 Å². The summed E-state index contributed by atoms with van der Waals surface area (Å²) in [4.78, 5) is 17.4. The number of carbonyl (C=O) groups excluding carboxylic acids is 1. The van der Waals surface area contributed by atoms with Crippen molar-refractivity contribution in [3.63, 3.8) is 0 Å². The van der Waals surface area contributed by atoms with Crippen LogP contribution in [0.3, 0.4) is 0 Å². The van der Waals surface area contributed by atoms with Gasteiger partial charge in [0.05, 0.1) is 5.56 Å². The van der Waals surface area contributed by atoms with Crippen LogP contribution in [0.25, 0.3) is 5.65 Å². The lowest BCUT2D eigenvalue weighted by atomic mass is 9.97. The number of alkyl halides is 3. The quantitative estimate of drug-likeness (QED) is 0.874. The summed E-state index contributed by atoms with van der Waals surface area (Å²) in [6.07, 6.45) is 0.319. The van der Waals surface area contributed by atoms with Crippen LogP contribution >= 0.6 is 0 Å². The Morgan fingerprint density at radius 3 is 2.82 bits per heavy atom. The molecule has 2 aromatic rings. The van der Waals surface area contributed by atoms with Crippen molar-refractivity contribution in [1.82, 2.24) is 14.3 Å². The summed E-state index contributed by atoms with van der Waals surface area (Å²) in [7, 11) is 0. The number of imidazole rings is 1. The fourth-order valence-corrected chi connectivity index (χ4v) is 2.78. The highest BCUT2D eigenvalue weighted by atomic mass is 19.4. The molecule has 0 bridgehead atoms. The molecule has 8 heteroatoms. The molecule has 1 amide bonds. The maximum Gasteiger partial charge on any atom is 0.408 e. The predicted octanol–water partition coefficient (Wildman–Crippen LogP) is 1.83. The van der Waals surface area contributed by atoms with Gasteiger partial charge in [0.1, 0.15) is 11.7 Å². The van der Waals surface area contributed by atoms with Gasteiger partial charge in [0.15, 0.2) is 0 Å². The molecule has 2 unspecified atom stereocenters. The fourth-order valence-electron chi connectivity index (χ4n) is 2.78. The molecule has 3 rings (SSSR count). The van der Waals surface area contributed by atoms with E-state index in [9.17, 15) is 18.0 Å². The van der Waals surface area contributed by atoms with Crippen LogP contribution in [0.2, 0.25) is 0 Å². The summed E-state index contributed by atoms with van der Waals surface area (Å²) in [6.45, 7) is -0.0923. The lowest BCUT2D eigenvalue weighted by Crippen LogP contribution is -2.56. The Morgan fingerprint density at radius 2 is 2.09 bits per heavy atom. The number of carbonyl (C=O) groups is 1. The van der Waals surface area contributed by atoms with Crippen LogP contribution in [-0.4, -0.2) is 45.0 Å². The molecule has 1 fully saturated rings. The third-order valence-corrected chi connectivity index (χ3v) is 3.89. The first-order valence-corrected chi connectivity index (χ1v) is 6.92. The van der Waals surface area contributed by atoms with E-state index >= 15 is 0 Å². The normalized spacial score (nSPS) is 23.0. The van der Waals surface area contributed by atoms with E-state index in [1.165, 1.54) is 12.3 Å². The highest BCUT2D eigenvalue weighted by molar-refractivity contribution is 5.94. The van der Waals surface area contributed by atoms with Gasteiger partial charge >= 0.3 is 6.18 Å².